The van der Waals surface area contributed by atoms with Crippen molar-refractivity contribution < 1.29 is 0 Å². The summed E-state index contributed by atoms with van der Waals surface area (Å²) in [6.45, 7) is 4.65. The molecule has 0 spiro atoms. The maximum absolute atomic E-state index is 5.61. The van der Waals surface area contributed by atoms with Crippen molar-refractivity contribution in [2.45, 2.75) is 128 Å². The molecule has 0 radical (unpaired) electrons. The Kier molecular flexibility index (Phi) is 13.0. The SMILES string of the molecule is CCCCc1ccc(N2c3ccc(C4CCCCC4)cc3B3c4cc(C5CCCCC5)ccc4N(c4ccc(CCCC)cc4)c4cc(-c5cc(-c6ccccc6)cc(-c6ccccc6)n5)cc2c43)cc1. The van der Waals surface area contributed by atoms with Gasteiger partial charge in [0.25, 0.3) is 6.71 Å². The molecule has 8 aromatic rings. The third-order valence-corrected chi connectivity index (χ3v) is 16.6. The van der Waals surface area contributed by atoms with E-state index in [1.54, 1.807) is 0 Å². The Labute approximate surface area is 424 Å². The van der Waals surface area contributed by atoms with Gasteiger partial charge >= 0.3 is 0 Å². The zero-order chi connectivity index (χ0) is 47.7. The Morgan fingerprint density at radius 1 is 0.423 bits per heavy atom. The van der Waals surface area contributed by atoms with E-state index < -0.39 is 0 Å². The molecular weight excluding hydrogens is 858 g/mol. The van der Waals surface area contributed by atoms with E-state index in [-0.39, 0.29) is 6.71 Å². The van der Waals surface area contributed by atoms with E-state index >= 15 is 0 Å². The van der Waals surface area contributed by atoms with Gasteiger partial charge in [0.2, 0.25) is 0 Å². The number of rotatable bonds is 13. The van der Waals surface area contributed by atoms with Crippen molar-refractivity contribution >= 4 is 57.2 Å². The molecule has 0 atom stereocenters. The van der Waals surface area contributed by atoms with Crippen LogP contribution in [0.4, 0.5) is 34.1 Å². The van der Waals surface area contributed by atoms with Crippen LogP contribution < -0.4 is 26.2 Å². The van der Waals surface area contributed by atoms with Gasteiger partial charge < -0.3 is 9.80 Å². The van der Waals surface area contributed by atoms with Gasteiger partial charge in [-0.2, -0.15) is 0 Å². The number of hydrogen-bond acceptors (Lipinski definition) is 3. The number of hydrogen-bond donors (Lipinski definition) is 0. The molecular formula is C67H68BN3. The Morgan fingerprint density at radius 2 is 0.873 bits per heavy atom. The summed E-state index contributed by atoms with van der Waals surface area (Å²) in [7, 11) is 0. The van der Waals surface area contributed by atoms with Gasteiger partial charge in [-0.25, -0.2) is 4.98 Å². The van der Waals surface area contributed by atoms with Crippen molar-refractivity contribution in [1.29, 1.82) is 0 Å². The molecule has 4 aliphatic rings. The minimum absolute atomic E-state index is 0.0646. The first kappa shape index (κ1) is 45.5. The van der Waals surface area contributed by atoms with Crippen LogP contribution in [0.15, 0.2) is 170 Å². The van der Waals surface area contributed by atoms with Crippen LogP contribution in [0.3, 0.4) is 0 Å². The van der Waals surface area contributed by atoms with Crippen molar-refractivity contribution in [2.24, 2.45) is 0 Å². The van der Waals surface area contributed by atoms with Crippen molar-refractivity contribution in [3.8, 4) is 33.6 Å². The van der Waals surface area contributed by atoms with Crippen molar-refractivity contribution in [3.05, 3.63) is 192 Å². The first-order chi connectivity index (χ1) is 35.1. The molecule has 0 unspecified atom stereocenters. The number of aromatic nitrogens is 1. The lowest BCUT2D eigenvalue weighted by atomic mass is 9.33. The number of aryl methyl sites for hydroxylation is 2. The largest absolute Gasteiger partial charge is 0.311 e. The van der Waals surface area contributed by atoms with Gasteiger partial charge in [-0.15, -0.1) is 0 Å². The first-order valence-electron chi connectivity index (χ1n) is 27.5. The molecule has 0 amide bonds. The molecule has 71 heavy (non-hydrogen) atoms. The summed E-state index contributed by atoms with van der Waals surface area (Å²) in [6.07, 6.45) is 20.1. The highest BCUT2D eigenvalue weighted by Gasteiger charge is 2.44. The lowest BCUT2D eigenvalue weighted by Gasteiger charge is -2.45. The fourth-order valence-electron chi connectivity index (χ4n) is 12.7. The fourth-order valence-corrected chi connectivity index (χ4v) is 12.7. The van der Waals surface area contributed by atoms with Gasteiger partial charge in [-0.05, 0) is 174 Å². The van der Waals surface area contributed by atoms with Crippen molar-refractivity contribution in [2.75, 3.05) is 9.80 Å². The van der Waals surface area contributed by atoms with Crippen LogP contribution in [-0.4, -0.2) is 11.7 Å². The highest BCUT2D eigenvalue weighted by atomic mass is 15.2. The minimum Gasteiger partial charge on any atom is -0.311 e. The Bertz CT molecular complexity index is 2930. The van der Waals surface area contributed by atoms with E-state index in [1.165, 1.54) is 174 Å². The molecule has 2 fully saturated rings. The van der Waals surface area contributed by atoms with Crippen LogP contribution in [0, 0.1) is 0 Å². The number of nitrogens with zero attached hydrogens (tertiary/aromatic N) is 3. The lowest BCUT2D eigenvalue weighted by Crippen LogP contribution is -2.61. The van der Waals surface area contributed by atoms with Gasteiger partial charge in [-0.1, -0.05) is 174 Å². The smallest absolute Gasteiger partial charge is 0.252 e. The van der Waals surface area contributed by atoms with E-state index in [0.29, 0.717) is 11.8 Å². The summed E-state index contributed by atoms with van der Waals surface area (Å²) in [5.41, 5.74) is 24.2. The summed E-state index contributed by atoms with van der Waals surface area (Å²) in [5.74, 6) is 1.20. The molecule has 0 N–H and O–H groups in total. The summed E-state index contributed by atoms with van der Waals surface area (Å²) in [6, 6.07) is 65.7. The second kappa shape index (κ2) is 20.2. The van der Waals surface area contributed by atoms with Crippen LogP contribution in [0.2, 0.25) is 0 Å². The van der Waals surface area contributed by atoms with E-state index in [2.05, 4.69) is 194 Å². The third-order valence-electron chi connectivity index (χ3n) is 16.6. The summed E-state index contributed by atoms with van der Waals surface area (Å²) in [4.78, 5) is 10.9. The lowest BCUT2D eigenvalue weighted by molar-refractivity contribution is 0.444. The average Bonchev–Trinajstić information content (AvgIpc) is 3.44. The molecule has 3 heterocycles. The van der Waals surface area contributed by atoms with Gasteiger partial charge in [0.15, 0.2) is 0 Å². The van der Waals surface area contributed by atoms with E-state index in [1.807, 2.05) is 0 Å². The summed E-state index contributed by atoms with van der Waals surface area (Å²) in [5, 5.41) is 0. The number of pyridine rings is 1. The first-order valence-corrected chi connectivity index (χ1v) is 27.5. The monoisotopic (exact) mass is 926 g/mol. The quantitative estimate of drug-likeness (QED) is 0.107. The molecule has 2 aliphatic heterocycles. The molecule has 1 aromatic heterocycles. The van der Waals surface area contributed by atoms with E-state index in [0.717, 1.165) is 35.4 Å². The predicted molar refractivity (Wildman–Crippen MR) is 303 cm³/mol. The molecule has 0 saturated heterocycles. The molecule has 7 aromatic carbocycles. The molecule has 2 aliphatic carbocycles. The Balaban J connectivity index is 1.15. The predicted octanol–water partition coefficient (Wildman–Crippen LogP) is 16.9. The number of fused-ring (bicyclic) bond motifs is 4. The van der Waals surface area contributed by atoms with Crippen LogP contribution in [-0.2, 0) is 12.8 Å². The van der Waals surface area contributed by atoms with Gasteiger partial charge in [-0.3, -0.25) is 0 Å². The molecule has 3 nitrogen and oxygen atoms in total. The van der Waals surface area contributed by atoms with Gasteiger partial charge in [0.1, 0.15) is 0 Å². The van der Waals surface area contributed by atoms with Crippen LogP contribution >= 0.6 is 0 Å². The standard InChI is InChI=1S/C67H68BN3/c1-3-5-19-47-29-35-57(36-30-47)70-63-39-33-53(49-21-11-7-12-22-49)41-59(63)68-60-42-54(50-23-13-8-14-24-50)34-40-64(60)71(58-37-31-48(32-38-58)20-6-4-2)66-46-56(45-65(70)67(66)68)62-44-55(51-25-15-9-16-26-51)43-61(69-62)52-27-17-10-18-28-52/h9-10,15-18,25-46,49-50H,3-8,11-14,19-24H2,1-2H3. The Morgan fingerprint density at radius 3 is 1.34 bits per heavy atom. The number of anilines is 6. The Hall–Kier alpha value is -6.65. The maximum atomic E-state index is 5.61. The third kappa shape index (κ3) is 8.94. The van der Waals surface area contributed by atoms with Crippen LogP contribution in [0.5, 0.6) is 0 Å². The fraction of sp³-hybridized carbons (Fsp3) is 0.299. The summed E-state index contributed by atoms with van der Waals surface area (Å²) >= 11 is 0. The van der Waals surface area contributed by atoms with Gasteiger partial charge in [0, 0.05) is 45.3 Å². The zero-order valence-electron chi connectivity index (χ0n) is 42.1. The molecule has 354 valence electrons. The zero-order valence-corrected chi connectivity index (χ0v) is 42.1. The van der Waals surface area contributed by atoms with Crippen LogP contribution in [0.25, 0.3) is 33.6 Å². The van der Waals surface area contributed by atoms with Crippen molar-refractivity contribution in [3.63, 3.8) is 0 Å². The maximum Gasteiger partial charge on any atom is 0.252 e. The van der Waals surface area contributed by atoms with Crippen LogP contribution in [0.1, 0.15) is 138 Å². The number of benzene rings is 7. The second-order valence-electron chi connectivity index (χ2n) is 21.2. The normalized spacial score (nSPS) is 15.6. The molecule has 12 rings (SSSR count). The second-order valence-corrected chi connectivity index (χ2v) is 21.2. The number of unbranched alkanes of at least 4 members (excludes halogenated alkanes) is 2. The van der Waals surface area contributed by atoms with Gasteiger partial charge in [0.05, 0.1) is 11.4 Å². The summed E-state index contributed by atoms with van der Waals surface area (Å²) < 4.78 is 0. The molecule has 0 bridgehead atoms. The minimum atomic E-state index is 0.0646. The molecule has 2 saturated carbocycles. The highest BCUT2D eigenvalue weighted by Crippen LogP contribution is 2.48. The average molecular weight is 926 g/mol. The topological polar surface area (TPSA) is 19.4 Å². The highest BCUT2D eigenvalue weighted by molar-refractivity contribution is 7.00. The molecule has 4 heteroatoms. The van der Waals surface area contributed by atoms with E-state index in [9.17, 15) is 0 Å². The van der Waals surface area contributed by atoms with Crippen molar-refractivity contribution in [1.82, 2.24) is 4.98 Å². The van der Waals surface area contributed by atoms with E-state index in [4.69, 9.17) is 4.98 Å².